The smallest absolute Gasteiger partial charge is 0.276 e. The van der Waals surface area contributed by atoms with Gasteiger partial charge in [0, 0.05) is 25.0 Å². The zero-order valence-corrected chi connectivity index (χ0v) is 14.7. The van der Waals surface area contributed by atoms with E-state index in [0.717, 1.165) is 11.1 Å². The Morgan fingerprint density at radius 1 is 1.15 bits per heavy atom. The Morgan fingerprint density at radius 3 is 2.74 bits per heavy atom. The molecule has 1 fully saturated rings. The molecule has 1 aliphatic rings. The molecule has 0 spiro atoms. The third kappa shape index (κ3) is 3.73. The number of likely N-dealkylation sites (tertiary alicyclic amines) is 1. The van der Waals surface area contributed by atoms with E-state index >= 15 is 0 Å². The quantitative estimate of drug-likeness (QED) is 0.768. The first-order chi connectivity index (χ1) is 13.1. The summed E-state index contributed by atoms with van der Waals surface area (Å²) in [6, 6.07) is 16.1. The number of benzene rings is 2. The van der Waals surface area contributed by atoms with Gasteiger partial charge < -0.3 is 10.6 Å². The van der Waals surface area contributed by atoms with Gasteiger partial charge >= 0.3 is 0 Å². The van der Waals surface area contributed by atoms with Crippen LogP contribution in [0.15, 0.2) is 60.8 Å². The van der Waals surface area contributed by atoms with Gasteiger partial charge in [-0.15, -0.1) is 5.10 Å². The number of hydrogen-bond acceptors (Lipinski definition) is 4. The van der Waals surface area contributed by atoms with Crippen molar-refractivity contribution in [3.63, 3.8) is 0 Å². The third-order valence-corrected chi connectivity index (χ3v) is 4.87. The molecule has 1 amide bonds. The molecule has 1 aromatic heterocycles. The van der Waals surface area contributed by atoms with E-state index in [9.17, 15) is 9.18 Å². The second-order valence-corrected chi connectivity index (χ2v) is 6.82. The maximum atomic E-state index is 13.3. The monoisotopic (exact) mass is 365 g/mol. The number of amides is 1. The van der Waals surface area contributed by atoms with Gasteiger partial charge in [0.05, 0.1) is 12.7 Å². The van der Waals surface area contributed by atoms with Crippen LogP contribution in [-0.4, -0.2) is 44.9 Å². The zero-order valence-electron chi connectivity index (χ0n) is 14.7. The van der Waals surface area contributed by atoms with E-state index in [1.165, 1.54) is 16.8 Å². The average Bonchev–Trinajstić information content (AvgIpc) is 3.29. The Balaban J connectivity index is 1.45. The number of carbonyl (C=O) groups excluding carboxylic acids is 1. The van der Waals surface area contributed by atoms with Crippen LogP contribution < -0.4 is 5.73 Å². The molecule has 4 rings (SSSR count). The molecule has 138 valence electrons. The van der Waals surface area contributed by atoms with Crippen LogP contribution in [0.4, 0.5) is 4.39 Å². The predicted octanol–water partition coefficient (Wildman–Crippen LogP) is 2.03. The second-order valence-electron chi connectivity index (χ2n) is 6.82. The van der Waals surface area contributed by atoms with Crippen molar-refractivity contribution in [1.29, 1.82) is 0 Å². The second kappa shape index (κ2) is 7.28. The van der Waals surface area contributed by atoms with Crippen LogP contribution in [0.5, 0.6) is 0 Å². The van der Waals surface area contributed by atoms with Crippen molar-refractivity contribution in [2.24, 2.45) is 5.73 Å². The van der Waals surface area contributed by atoms with Crippen LogP contribution in [0.3, 0.4) is 0 Å². The summed E-state index contributed by atoms with van der Waals surface area (Å²) in [7, 11) is 0. The van der Waals surface area contributed by atoms with Crippen LogP contribution in [0.1, 0.15) is 27.5 Å². The topological polar surface area (TPSA) is 77.0 Å². The Bertz CT molecular complexity index is 942. The Hall–Kier alpha value is -3.06. The van der Waals surface area contributed by atoms with Gasteiger partial charge in [-0.25, -0.2) is 9.07 Å². The molecule has 2 N–H and O–H groups in total. The first-order valence-corrected chi connectivity index (χ1v) is 8.84. The molecule has 0 aliphatic carbocycles. The van der Waals surface area contributed by atoms with Gasteiger partial charge in [0.1, 0.15) is 5.82 Å². The van der Waals surface area contributed by atoms with Gasteiger partial charge in [-0.05, 0) is 23.3 Å². The summed E-state index contributed by atoms with van der Waals surface area (Å²) in [5.41, 5.74) is 8.43. The maximum absolute atomic E-state index is 13.3. The lowest BCUT2D eigenvalue weighted by molar-refractivity contribution is 0.0783. The number of nitrogens with zero attached hydrogens (tertiary/aromatic N) is 4. The summed E-state index contributed by atoms with van der Waals surface area (Å²) in [6.45, 7) is 1.39. The molecule has 2 aromatic carbocycles. The van der Waals surface area contributed by atoms with Crippen LogP contribution in [0.25, 0.3) is 0 Å². The highest BCUT2D eigenvalue weighted by atomic mass is 19.1. The summed E-state index contributed by atoms with van der Waals surface area (Å²) in [4.78, 5) is 14.5. The standard InChI is InChI=1S/C20H20FN5O/c21-16-8-4-5-14(9-16)10-26-13-19(23-24-26)20(27)25-11-17(18(22)12-25)15-6-2-1-3-7-15/h1-9,13,17-18H,10-12,22H2/t17-,18+/m0/s1. The Kier molecular flexibility index (Phi) is 4.68. The van der Waals surface area contributed by atoms with Crippen LogP contribution in [-0.2, 0) is 6.54 Å². The van der Waals surface area contributed by atoms with Crippen molar-refractivity contribution in [3.05, 3.63) is 83.4 Å². The Morgan fingerprint density at radius 2 is 1.96 bits per heavy atom. The highest BCUT2D eigenvalue weighted by Crippen LogP contribution is 2.27. The minimum absolute atomic E-state index is 0.109. The molecule has 0 radical (unpaired) electrons. The van der Waals surface area contributed by atoms with E-state index in [0.29, 0.717) is 19.6 Å². The number of halogens is 1. The van der Waals surface area contributed by atoms with Crippen molar-refractivity contribution in [2.45, 2.75) is 18.5 Å². The molecule has 6 nitrogen and oxygen atoms in total. The van der Waals surface area contributed by atoms with Gasteiger partial charge in [0.25, 0.3) is 5.91 Å². The Labute approximate surface area is 156 Å². The summed E-state index contributed by atoms with van der Waals surface area (Å²) >= 11 is 0. The number of nitrogens with two attached hydrogens (primary N) is 1. The molecule has 3 aromatic rings. The fourth-order valence-corrected chi connectivity index (χ4v) is 3.51. The average molecular weight is 365 g/mol. The van der Waals surface area contributed by atoms with Gasteiger partial charge in [-0.1, -0.05) is 47.7 Å². The molecule has 0 saturated carbocycles. The first-order valence-electron chi connectivity index (χ1n) is 8.84. The SMILES string of the molecule is N[C@@H]1CN(C(=O)c2cn(Cc3cccc(F)c3)nn2)C[C@H]1c1ccccc1. The first kappa shape index (κ1) is 17.4. The highest BCUT2D eigenvalue weighted by Gasteiger charge is 2.35. The van der Waals surface area contributed by atoms with E-state index < -0.39 is 0 Å². The minimum Gasteiger partial charge on any atom is -0.335 e. The van der Waals surface area contributed by atoms with E-state index in [-0.39, 0.29) is 29.4 Å². The summed E-state index contributed by atoms with van der Waals surface area (Å²) in [6.07, 6.45) is 1.59. The number of aromatic nitrogens is 3. The van der Waals surface area contributed by atoms with Gasteiger partial charge in [-0.2, -0.15) is 0 Å². The van der Waals surface area contributed by atoms with E-state index in [1.54, 1.807) is 23.2 Å². The van der Waals surface area contributed by atoms with Crippen LogP contribution >= 0.6 is 0 Å². The molecule has 0 bridgehead atoms. The molecule has 2 atom stereocenters. The predicted molar refractivity (Wildman–Crippen MR) is 98.6 cm³/mol. The van der Waals surface area contributed by atoms with E-state index in [2.05, 4.69) is 10.3 Å². The van der Waals surface area contributed by atoms with E-state index in [1.807, 2.05) is 30.3 Å². The van der Waals surface area contributed by atoms with Crippen molar-refractivity contribution in [1.82, 2.24) is 19.9 Å². The van der Waals surface area contributed by atoms with Gasteiger partial charge in [0.15, 0.2) is 5.69 Å². The molecule has 1 saturated heterocycles. The molecule has 1 aliphatic heterocycles. The highest BCUT2D eigenvalue weighted by molar-refractivity contribution is 5.92. The number of carbonyl (C=O) groups is 1. The summed E-state index contributed by atoms with van der Waals surface area (Å²) < 4.78 is 14.8. The van der Waals surface area contributed by atoms with Crippen molar-refractivity contribution in [2.75, 3.05) is 13.1 Å². The van der Waals surface area contributed by atoms with Crippen molar-refractivity contribution < 1.29 is 9.18 Å². The molecular formula is C20H20FN5O. The lowest BCUT2D eigenvalue weighted by atomic mass is 9.95. The molecule has 27 heavy (non-hydrogen) atoms. The number of rotatable bonds is 4. The van der Waals surface area contributed by atoms with Gasteiger partial charge in [-0.3, -0.25) is 4.79 Å². The van der Waals surface area contributed by atoms with Gasteiger partial charge in [0.2, 0.25) is 0 Å². The lowest BCUT2D eigenvalue weighted by Crippen LogP contribution is -2.32. The molecule has 0 unspecified atom stereocenters. The van der Waals surface area contributed by atoms with Crippen LogP contribution in [0.2, 0.25) is 0 Å². The maximum Gasteiger partial charge on any atom is 0.276 e. The van der Waals surface area contributed by atoms with Crippen molar-refractivity contribution in [3.8, 4) is 0 Å². The minimum atomic E-state index is -0.304. The lowest BCUT2D eigenvalue weighted by Gasteiger charge is -2.15. The fraction of sp³-hybridized carbons (Fsp3) is 0.250. The van der Waals surface area contributed by atoms with Crippen molar-refractivity contribution >= 4 is 5.91 Å². The van der Waals surface area contributed by atoms with E-state index in [4.69, 9.17) is 5.73 Å². The normalized spacial score (nSPS) is 19.4. The van der Waals surface area contributed by atoms with Crippen LogP contribution in [0, 0.1) is 5.82 Å². The molecule has 7 heteroatoms. The third-order valence-electron chi connectivity index (χ3n) is 4.87. The molecular weight excluding hydrogens is 345 g/mol. The zero-order chi connectivity index (χ0) is 18.8. The largest absolute Gasteiger partial charge is 0.335 e. The fourth-order valence-electron chi connectivity index (χ4n) is 3.51. The number of hydrogen-bond donors (Lipinski definition) is 1. The summed E-state index contributed by atoms with van der Waals surface area (Å²) in [5, 5.41) is 7.98. The molecule has 2 heterocycles. The summed E-state index contributed by atoms with van der Waals surface area (Å²) in [5.74, 6) is -0.381.